The molecule has 3 rings (SSSR count). The highest BCUT2D eigenvalue weighted by molar-refractivity contribution is 6.09. The van der Waals surface area contributed by atoms with Crippen molar-refractivity contribution in [3.05, 3.63) is 95.3 Å². The molecule has 140 valence electrons. The lowest BCUT2D eigenvalue weighted by Crippen LogP contribution is -2.11. The van der Waals surface area contributed by atoms with Crippen LogP contribution >= 0.6 is 0 Å². The summed E-state index contributed by atoms with van der Waals surface area (Å²) >= 11 is 0. The van der Waals surface area contributed by atoms with E-state index < -0.39 is 11.8 Å². The van der Waals surface area contributed by atoms with Crippen LogP contribution < -0.4 is 10.1 Å². The molecule has 1 N–H and O–H groups in total. The Hall–Kier alpha value is -3.80. The number of anilines is 1. The largest absolute Gasteiger partial charge is 0.423 e. The second kappa shape index (κ2) is 8.26. The van der Waals surface area contributed by atoms with Crippen molar-refractivity contribution in [3.63, 3.8) is 0 Å². The predicted molar refractivity (Wildman–Crippen MR) is 102 cm³/mol. The van der Waals surface area contributed by atoms with Gasteiger partial charge >= 0.3 is 5.97 Å². The molecule has 1 amide bonds. The zero-order valence-corrected chi connectivity index (χ0v) is 14.9. The van der Waals surface area contributed by atoms with E-state index in [1.54, 1.807) is 18.2 Å². The lowest BCUT2D eigenvalue weighted by molar-refractivity contribution is -0.114. The average molecular weight is 377 g/mol. The number of ketones is 1. The highest BCUT2D eigenvalue weighted by Crippen LogP contribution is 2.18. The first-order chi connectivity index (χ1) is 13.4. The van der Waals surface area contributed by atoms with Crippen LogP contribution in [0.5, 0.6) is 5.75 Å². The number of rotatable bonds is 5. The van der Waals surface area contributed by atoms with Crippen LogP contribution in [0.1, 0.15) is 33.2 Å². The van der Waals surface area contributed by atoms with Crippen molar-refractivity contribution in [3.8, 4) is 5.75 Å². The Balaban J connectivity index is 1.70. The summed E-state index contributed by atoms with van der Waals surface area (Å²) < 4.78 is 18.3. The number of benzene rings is 3. The van der Waals surface area contributed by atoms with Crippen molar-refractivity contribution < 1.29 is 23.5 Å². The molecule has 28 heavy (non-hydrogen) atoms. The van der Waals surface area contributed by atoms with Gasteiger partial charge in [-0.25, -0.2) is 9.18 Å². The maximum absolute atomic E-state index is 13.0. The van der Waals surface area contributed by atoms with Crippen LogP contribution in [0.2, 0.25) is 0 Å². The summed E-state index contributed by atoms with van der Waals surface area (Å²) in [5.41, 5.74) is 1.51. The minimum Gasteiger partial charge on any atom is -0.423 e. The Morgan fingerprint density at radius 2 is 1.43 bits per heavy atom. The predicted octanol–water partition coefficient (Wildman–Crippen LogP) is 4.23. The first kappa shape index (κ1) is 19.0. The normalized spacial score (nSPS) is 10.2. The molecule has 0 aliphatic heterocycles. The number of esters is 1. The third-order valence-electron chi connectivity index (χ3n) is 3.85. The SMILES string of the molecule is CC(=O)Nc1cccc(C(=O)Oc2ccc(C(=O)c3ccc(F)cc3)cc2)c1. The summed E-state index contributed by atoms with van der Waals surface area (Å²) in [6, 6.07) is 17.7. The average Bonchev–Trinajstić information content (AvgIpc) is 2.68. The lowest BCUT2D eigenvalue weighted by atomic mass is 10.0. The molecule has 0 atom stereocenters. The Morgan fingerprint density at radius 3 is 2.04 bits per heavy atom. The smallest absolute Gasteiger partial charge is 0.343 e. The van der Waals surface area contributed by atoms with E-state index in [1.165, 1.54) is 61.5 Å². The second-order valence-electron chi connectivity index (χ2n) is 6.01. The van der Waals surface area contributed by atoms with Gasteiger partial charge in [0.15, 0.2) is 5.78 Å². The Morgan fingerprint density at radius 1 is 0.821 bits per heavy atom. The lowest BCUT2D eigenvalue weighted by Gasteiger charge is -2.07. The fourth-order valence-corrected chi connectivity index (χ4v) is 2.54. The monoisotopic (exact) mass is 377 g/mol. The highest BCUT2D eigenvalue weighted by Gasteiger charge is 2.12. The molecule has 0 bridgehead atoms. The van der Waals surface area contributed by atoms with Crippen LogP contribution in [-0.4, -0.2) is 17.7 Å². The van der Waals surface area contributed by atoms with Crippen LogP contribution in [0.15, 0.2) is 72.8 Å². The summed E-state index contributed by atoms with van der Waals surface area (Å²) in [5, 5.41) is 2.60. The molecular weight excluding hydrogens is 361 g/mol. The quantitative estimate of drug-likeness (QED) is 0.410. The van der Waals surface area contributed by atoms with E-state index in [0.29, 0.717) is 16.8 Å². The molecule has 5 nitrogen and oxygen atoms in total. The van der Waals surface area contributed by atoms with Gasteiger partial charge in [-0.3, -0.25) is 9.59 Å². The van der Waals surface area contributed by atoms with E-state index in [9.17, 15) is 18.8 Å². The van der Waals surface area contributed by atoms with E-state index in [4.69, 9.17) is 4.74 Å². The number of halogens is 1. The molecule has 0 aliphatic rings. The van der Waals surface area contributed by atoms with Crippen molar-refractivity contribution in [1.82, 2.24) is 0 Å². The maximum Gasteiger partial charge on any atom is 0.343 e. The number of carbonyl (C=O) groups excluding carboxylic acids is 3. The summed E-state index contributed by atoms with van der Waals surface area (Å²) in [6.07, 6.45) is 0. The van der Waals surface area contributed by atoms with Gasteiger partial charge in [-0.05, 0) is 66.7 Å². The number of hydrogen-bond acceptors (Lipinski definition) is 4. The van der Waals surface area contributed by atoms with Crippen LogP contribution in [0.25, 0.3) is 0 Å². The van der Waals surface area contributed by atoms with Gasteiger partial charge in [0.1, 0.15) is 11.6 Å². The summed E-state index contributed by atoms with van der Waals surface area (Å²) in [6.45, 7) is 1.37. The first-order valence-electron chi connectivity index (χ1n) is 8.42. The van der Waals surface area contributed by atoms with Crippen molar-refractivity contribution in [2.24, 2.45) is 0 Å². The highest BCUT2D eigenvalue weighted by atomic mass is 19.1. The third kappa shape index (κ3) is 4.67. The topological polar surface area (TPSA) is 72.5 Å². The van der Waals surface area contributed by atoms with Gasteiger partial charge in [-0.1, -0.05) is 6.07 Å². The molecular formula is C22H16FNO4. The van der Waals surface area contributed by atoms with Gasteiger partial charge in [0, 0.05) is 23.7 Å². The van der Waals surface area contributed by atoms with E-state index in [1.807, 2.05) is 0 Å². The second-order valence-corrected chi connectivity index (χ2v) is 6.01. The number of amides is 1. The molecule has 0 radical (unpaired) electrons. The minimum atomic E-state index is -0.593. The Bertz CT molecular complexity index is 1030. The van der Waals surface area contributed by atoms with Gasteiger partial charge in [-0.15, -0.1) is 0 Å². The summed E-state index contributed by atoms with van der Waals surface area (Å²) in [5.74, 6) is -1.25. The molecule has 0 unspecified atom stereocenters. The van der Waals surface area contributed by atoms with Crippen LogP contribution in [-0.2, 0) is 4.79 Å². The van der Waals surface area contributed by atoms with Crippen molar-refractivity contribution >= 4 is 23.3 Å². The fourth-order valence-electron chi connectivity index (χ4n) is 2.54. The van der Waals surface area contributed by atoms with Gasteiger partial charge in [0.05, 0.1) is 5.56 Å². The molecule has 0 fully saturated rings. The molecule has 0 spiro atoms. The van der Waals surface area contributed by atoms with E-state index in [0.717, 1.165) is 0 Å². The Labute approximate surface area is 160 Å². The molecule has 6 heteroatoms. The third-order valence-corrected chi connectivity index (χ3v) is 3.85. The minimum absolute atomic E-state index is 0.244. The van der Waals surface area contributed by atoms with E-state index in [2.05, 4.69) is 5.32 Å². The van der Waals surface area contributed by atoms with Crippen molar-refractivity contribution in [2.75, 3.05) is 5.32 Å². The molecule has 3 aromatic carbocycles. The van der Waals surface area contributed by atoms with E-state index >= 15 is 0 Å². The first-order valence-corrected chi connectivity index (χ1v) is 8.42. The molecule has 3 aromatic rings. The number of ether oxygens (including phenoxy) is 1. The number of hydrogen-bond donors (Lipinski definition) is 1. The molecule has 0 saturated carbocycles. The summed E-state index contributed by atoms with van der Waals surface area (Å²) in [7, 11) is 0. The zero-order chi connectivity index (χ0) is 20.1. The van der Waals surface area contributed by atoms with E-state index in [-0.39, 0.29) is 23.0 Å². The van der Waals surface area contributed by atoms with Crippen LogP contribution in [0, 0.1) is 5.82 Å². The van der Waals surface area contributed by atoms with Crippen molar-refractivity contribution in [1.29, 1.82) is 0 Å². The van der Waals surface area contributed by atoms with Gasteiger partial charge in [0.2, 0.25) is 5.91 Å². The molecule has 0 aromatic heterocycles. The van der Waals surface area contributed by atoms with Crippen molar-refractivity contribution in [2.45, 2.75) is 6.92 Å². The molecule has 0 saturated heterocycles. The maximum atomic E-state index is 13.0. The van der Waals surface area contributed by atoms with Gasteiger partial charge < -0.3 is 10.1 Å². The van der Waals surface area contributed by atoms with Gasteiger partial charge in [-0.2, -0.15) is 0 Å². The summed E-state index contributed by atoms with van der Waals surface area (Å²) in [4.78, 5) is 35.8. The molecule has 0 aliphatic carbocycles. The van der Waals surface area contributed by atoms with Crippen LogP contribution in [0.4, 0.5) is 10.1 Å². The number of nitrogens with one attached hydrogen (secondary N) is 1. The zero-order valence-electron chi connectivity index (χ0n) is 14.9. The number of carbonyl (C=O) groups is 3. The molecule has 0 heterocycles. The Kier molecular flexibility index (Phi) is 5.60. The van der Waals surface area contributed by atoms with Crippen LogP contribution in [0.3, 0.4) is 0 Å². The fraction of sp³-hybridized carbons (Fsp3) is 0.0455. The van der Waals surface area contributed by atoms with Gasteiger partial charge in [0.25, 0.3) is 0 Å². The standard InChI is InChI=1S/C22H16FNO4/c1-14(25)24-19-4-2-3-17(13-19)22(27)28-20-11-7-16(8-12-20)21(26)15-5-9-18(23)10-6-15/h2-13H,1H3,(H,24,25).